The van der Waals surface area contributed by atoms with E-state index in [1.54, 1.807) is 13.0 Å². The van der Waals surface area contributed by atoms with Gasteiger partial charge in [-0.25, -0.2) is 9.78 Å². The molecule has 3 aliphatic rings. The van der Waals surface area contributed by atoms with Crippen LogP contribution in [0.15, 0.2) is 53.9 Å². The Morgan fingerprint density at radius 3 is 2.78 bits per heavy atom. The van der Waals surface area contributed by atoms with Gasteiger partial charge in [0, 0.05) is 18.7 Å². The van der Waals surface area contributed by atoms with Gasteiger partial charge in [0.15, 0.2) is 5.82 Å². The Labute approximate surface area is 240 Å². The number of carboxylic acid groups (broad SMARTS) is 1. The summed E-state index contributed by atoms with van der Waals surface area (Å²) in [6.45, 7) is 10.7. The van der Waals surface area contributed by atoms with Crippen LogP contribution in [-0.2, 0) is 29.0 Å². The lowest BCUT2D eigenvalue weighted by Gasteiger charge is -2.40. The van der Waals surface area contributed by atoms with Gasteiger partial charge in [-0.2, -0.15) is 9.78 Å². The summed E-state index contributed by atoms with van der Waals surface area (Å²) >= 11 is 0. The van der Waals surface area contributed by atoms with Gasteiger partial charge in [0.1, 0.15) is 17.9 Å². The van der Waals surface area contributed by atoms with E-state index in [0.717, 1.165) is 62.6 Å². The molecule has 0 unspecified atom stereocenters. The first-order chi connectivity index (χ1) is 19.9. The maximum atomic E-state index is 11.7. The highest BCUT2D eigenvalue weighted by atomic mass is 16.5. The summed E-state index contributed by atoms with van der Waals surface area (Å²) in [5.41, 5.74) is 8.22. The minimum absolute atomic E-state index is 0.000744. The molecule has 6 rings (SSSR count). The van der Waals surface area contributed by atoms with Gasteiger partial charge in [0.25, 0.3) is 0 Å². The van der Waals surface area contributed by atoms with Gasteiger partial charge in [0.2, 0.25) is 5.88 Å². The molecule has 0 spiro atoms. The van der Waals surface area contributed by atoms with E-state index in [0.29, 0.717) is 25.1 Å². The van der Waals surface area contributed by atoms with Crippen LogP contribution in [0.1, 0.15) is 65.0 Å². The number of ether oxygens (including phenoxy) is 3. The Morgan fingerprint density at radius 2 is 2.02 bits per heavy atom. The summed E-state index contributed by atoms with van der Waals surface area (Å²) in [6, 6.07) is 10.8. The summed E-state index contributed by atoms with van der Waals surface area (Å²) in [6.07, 6.45) is 6.33. The van der Waals surface area contributed by atoms with Gasteiger partial charge in [-0.3, -0.25) is 4.90 Å². The van der Waals surface area contributed by atoms with Crippen LogP contribution < -0.4 is 4.74 Å². The molecule has 41 heavy (non-hydrogen) atoms. The lowest BCUT2D eigenvalue weighted by molar-refractivity contribution is -0.0695. The summed E-state index contributed by atoms with van der Waals surface area (Å²) < 4.78 is 19.0. The van der Waals surface area contributed by atoms with Gasteiger partial charge >= 0.3 is 5.97 Å². The smallest absolute Gasteiger partial charge is 0.342 e. The zero-order valence-corrected chi connectivity index (χ0v) is 23.9. The highest BCUT2D eigenvalue weighted by Gasteiger charge is 2.30. The average Bonchev–Trinajstić information content (AvgIpc) is 3.36. The molecule has 9 nitrogen and oxygen atoms in total. The van der Waals surface area contributed by atoms with Crippen LogP contribution in [0.5, 0.6) is 5.88 Å². The minimum Gasteiger partial charge on any atom is -0.488 e. The molecule has 0 radical (unpaired) electrons. The van der Waals surface area contributed by atoms with Crippen molar-refractivity contribution in [1.82, 2.24) is 19.7 Å². The predicted octanol–water partition coefficient (Wildman–Crippen LogP) is 5.10. The molecule has 9 heteroatoms. The first-order valence-corrected chi connectivity index (χ1v) is 14.3. The van der Waals surface area contributed by atoms with E-state index in [1.807, 2.05) is 12.1 Å². The maximum absolute atomic E-state index is 11.7. The number of rotatable bonds is 9. The number of aryl methyl sites for hydroxylation is 1. The first-order valence-electron chi connectivity index (χ1n) is 14.3. The van der Waals surface area contributed by atoms with Gasteiger partial charge < -0.3 is 19.3 Å². The fourth-order valence-electron chi connectivity index (χ4n) is 5.86. The Balaban J connectivity index is 1.23. The van der Waals surface area contributed by atoms with Crippen LogP contribution in [0.25, 0.3) is 11.4 Å². The second-order valence-electron chi connectivity index (χ2n) is 10.9. The zero-order chi connectivity index (χ0) is 28.5. The monoisotopic (exact) mass is 556 g/mol. The molecule has 2 aromatic heterocycles. The third-order valence-electron chi connectivity index (χ3n) is 8.14. The average molecular weight is 557 g/mol. The van der Waals surface area contributed by atoms with Crippen LogP contribution in [0.4, 0.5) is 0 Å². The van der Waals surface area contributed by atoms with Crippen molar-refractivity contribution in [2.24, 2.45) is 0 Å². The third-order valence-corrected chi connectivity index (χ3v) is 8.14. The van der Waals surface area contributed by atoms with Crippen LogP contribution >= 0.6 is 0 Å². The fraction of sp³-hybridized carbons (Fsp3) is 0.406. The van der Waals surface area contributed by atoms with E-state index in [2.05, 4.69) is 42.1 Å². The van der Waals surface area contributed by atoms with E-state index in [9.17, 15) is 9.90 Å². The zero-order valence-electron chi connectivity index (χ0n) is 23.9. The summed E-state index contributed by atoms with van der Waals surface area (Å²) in [4.78, 5) is 19.1. The number of pyridine rings is 1. The largest absolute Gasteiger partial charge is 0.488 e. The van der Waals surface area contributed by atoms with Gasteiger partial charge in [-0.15, -0.1) is 0 Å². The molecule has 2 aliphatic heterocycles. The molecule has 1 aromatic carbocycles. The van der Waals surface area contributed by atoms with Crippen molar-refractivity contribution in [3.05, 3.63) is 87.4 Å². The molecule has 1 fully saturated rings. The van der Waals surface area contributed by atoms with Crippen LogP contribution in [0, 0.1) is 6.92 Å². The molecule has 0 amide bonds. The van der Waals surface area contributed by atoms with E-state index in [1.165, 1.54) is 38.7 Å². The molecule has 0 saturated carbocycles. The third kappa shape index (κ3) is 5.39. The van der Waals surface area contributed by atoms with Crippen molar-refractivity contribution in [3.63, 3.8) is 0 Å². The Kier molecular flexibility index (Phi) is 7.64. The number of aromatic nitrogens is 3. The quantitative estimate of drug-likeness (QED) is 0.389. The van der Waals surface area contributed by atoms with Gasteiger partial charge in [-0.05, 0) is 80.0 Å². The standard InChI is InChI=1S/C32H36N4O5/c1-4-40-31-26(32(37)38)15-33-36(31)29-10-6-9-28(34-29)25-8-5-7-20(2)30(25)41-17-22-13-21(3)27-16-35(24-18-39-19-24)12-11-23(27)14-22/h6,8-10,13-15,24H,4-5,7,11-12,16-19H2,1-3H3,(H,37,38). The number of benzene rings is 1. The lowest BCUT2D eigenvalue weighted by atomic mass is 9.92. The molecule has 4 heterocycles. The Hall–Kier alpha value is -3.95. The molecule has 0 bridgehead atoms. The number of fused-ring (bicyclic) bond motifs is 1. The first kappa shape index (κ1) is 27.2. The predicted molar refractivity (Wildman–Crippen MR) is 154 cm³/mol. The molecule has 214 valence electrons. The number of nitrogens with zero attached hydrogens (tertiary/aromatic N) is 4. The van der Waals surface area contributed by atoms with Crippen molar-refractivity contribution >= 4 is 11.5 Å². The maximum Gasteiger partial charge on any atom is 0.342 e. The van der Waals surface area contributed by atoms with Crippen LogP contribution in [-0.4, -0.2) is 63.1 Å². The number of hydrogen-bond donors (Lipinski definition) is 1. The number of hydrogen-bond acceptors (Lipinski definition) is 7. The summed E-state index contributed by atoms with van der Waals surface area (Å²) in [7, 11) is 0. The number of carboxylic acids is 1. The SMILES string of the molecule is CCOc1c(C(=O)O)cnn1-c1cccc(C2=CCCC(C)=C2OCc2cc(C)c3c(c2)CCN(C2COC2)C3)n1. The second-order valence-corrected chi connectivity index (χ2v) is 10.9. The van der Waals surface area contributed by atoms with E-state index < -0.39 is 5.97 Å². The van der Waals surface area contributed by atoms with Crippen LogP contribution in [0.3, 0.4) is 0 Å². The second kappa shape index (κ2) is 11.5. The van der Waals surface area contributed by atoms with Crippen molar-refractivity contribution in [3.8, 4) is 11.7 Å². The summed E-state index contributed by atoms with van der Waals surface area (Å²) in [5.74, 6) is 0.402. The topological polar surface area (TPSA) is 98.9 Å². The highest BCUT2D eigenvalue weighted by Crippen LogP contribution is 2.34. The van der Waals surface area contributed by atoms with E-state index in [-0.39, 0.29) is 11.4 Å². The molecule has 1 saturated heterocycles. The molecule has 0 atom stereocenters. The van der Waals surface area contributed by atoms with Crippen molar-refractivity contribution in [2.75, 3.05) is 26.4 Å². The molecular formula is C32H36N4O5. The minimum atomic E-state index is -1.09. The lowest BCUT2D eigenvalue weighted by Crippen LogP contribution is -2.50. The number of carbonyl (C=O) groups is 1. The van der Waals surface area contributed by atoms with E-state index in [4.69, 9.17) is 19.2 Å². The van der Waals surface area contributed by atoms with Crippen molar-refractivity contribution < 1.29 is 24.1 Å². The normalized spacial score (nSPS) is 17.6. The fourth-order valence-corrected chi connectivity index (χ4v) is 5.86. The molecule has 1 N–H and O–H groups in total. The van der Waals surface area contributed by atoms with Gasteiger partial charge in [0.05, 0.1) is 37.8 Å². The Bertz CT molecular complexity index is 1530. The van der Waals surface area contributed by atoms with E-state index >= 15 is 0 Å². The molecule has 3 aromatic rings. The summed E-state index contributed by atoms with van der Waals surface area (Å²) in [5, 5.41) is 13.8. The number of aromatic carboxylic acids is 1. The van der Waals surface area contributed by atoms with Crippen LogP contribution in [0.2, 0.25) is 0 Å². The number of allylic oxidation sites excluding steroid dienone is 3. The highest BCUT2D eigenvalue weighted by molar-refractivity contribution is 5.90. The van der Waals surface area contributed by atoms with Crippen molar-refractivity contribution in [2.45, 2.75) is 59.2 Å². The molecular weight excluding hydrogens is 520 g/mol. The van der Waals surface area contributed by atoms with Crippen molar-refractivity contribution in [1.29, 1.82) is 0 Å². The van der Waals surface area contributed by atoms with Gasteiger partial charge in [-0.1, -0.05) is 24.3 Å². The molecule has 1 aliphatic carbocycles. The Morgan fingerprint density at radius 1 is 1.17 bits per heavy atom.